The minimum atomic E-state index is -1.23. The molecule has 0 aromatic heterocycles. The molecule has 0 amide bonds. The highest BCUT2D eigenvalue weighted by Crippen LogP contribution is 2.25. The highest BCUT2D eigenvalue weighted by atomic mass is 35.5. The van der Waals surface area contributed by atoms with Gasteiger partial charge in [0, 0.05) is 0 Å². The zero-order chi connectivity index (χ0) is 9.30. The second-order valence-electron chi connectivity index (χ2n) is 2.03. The topological polar surface area (TPSA) is 37.3 Å². The number of carbonyl (C=O) groups excluding carboxylic acids is 1. The van der Waals surface area contributed by atoms with Crippen molar-refractivity contribution in [1.82, 2.24) is 0 Å². The summed E-state index contributed by atoms with van der Waals surface area (Å²) in [6, 6.07) is 1.42. The Kier molecular flexibility index (Phi) is 2.28. The van der Waals surface area contributed by atoms with E-state index in [1.54, 1.807) is 0 Å². The highest BCUT2D eigenvalue weighted by Gasteiger charge is 2.17. The van der Waals surface area contributed by atoms with Gasteiger partial charge >= 0.3 is 0 Å². The van der Waals surface area contributed by atoms with E-state index in [0.717, 1.165) is 0 Å². The fraction of sp³-hybridized carbons (Fsp3) is 0. The number of hydrogen-bond donors (Lipinski definition) is 1. The Labute approximate surface area is 71.4 Å². The monoisotopic (exact) mass is 192 g/mol. The van der Waals surface area contributed by atoms with Crippen molar-refractivity contribution in [2.75, 3.05) is 0 Å². The van der Waals surface area contributed by atoms with Crippen LogP contribution in [0.5, 0.6) is 5.75 Å². The molecule has 0 aliphatic heterocycles. The summed E-state index contributed by atoms with van der Waals surface area (Å²) >= 11 is 4.88. The average Bonchev–Trinajstić information content (AvgIpc) is 1.97. The lowest BCUT2D eigenvalue weighted by atomic mass is 10.2. The number of benzene rings is 1. The minimum Gasteiger partial charge on any atom is -0.504 e. The molecule has 0 fully saturated rings. The molecule has 0 saturated carbocycles. The fourth-order valence-corrected chi connectivity index (χ4v) is 0.908. The number of phenols is 1. The molecule has 5 heteroatoms. The lowest BCUT2D eigenvalue weighted by molar-refractivity contribution is 0.107. The molecular weight excluding hydrogens is 190 g/mol. The van der Waals surface area contributed by atoms with E-state index in [1.807, 2.05) is 0 Å². The van der Waals surface area contributed by atoms with Crippen molar-refractivity contribution < 1.29 is 18.7 Å². The quantitative estimate of drug-likeness (QED) is 0.692. The van der Waals surface area contributed by atoms with Crippen molar-refractivity contribution in [3.05, 3.63) is 29.3 Å². The number of rotatable bonds is 1. The Hall–Kier alpha value is -1.16. The van der Waals surface area contributed by atoms with Crippen molar-refractivity contribution in [1.29, 1.82) is 0 Å². The van der Waals surface area contributed by atoms with E-state index in [9.17, 15) is 13.6 Å². The van der Waals surface area contributed by atoms with Gasteiger partial charge in [-0.15, -0.1) is 0 Å². The Bertz CT molecular complexity index is 338. The molecule has 1 N–H and O–H groups in total. The molecule has 0 unspecified atom stereocenters. The van der Waals surface area contributed by atoms with Gasteiger partial charge in [-0.05, 0) is 23.7 Å². The Morgan fingerprint density at radius 2 is 1.83 bits per heavy atom. The normalized spacial score (nSPS) is 9.92. The molecule has 12 heavy (non-hydrogen) atoms. The van der Waals surface area contributed by atoms with Crippen LogP contribution >= 0.6 is 11.6 Å². The first-order valence-corrected chi connectivity index (χ1v) is 3.28. The summed E-state index contributed by atoms with van der Waals surface area (Å²) in [5, 5.41) is 7.60. The molecule has 0 aliphatic carbocycles. The first-order chi connectivity index (χ1) is 5.54. The number of aromatic hydroxyl groups is 1. The molecule has 2 nitrogen and oxygen atoms in total. The van der Waals surface area contributed by atoms with Crippen LogP contribution in [0.3, 0.4) is 0 Å². The van der Waals surface area contributed by atoms with Gasteiger partial charge in [-0.3, -0.25) is 4.79 Å². The van der Waals surface area contributed by atoms with E-state index in [4.69, 9.17) is 16.7 Å². The lowest BCUT2D eigenvalue weighted by Crippen LogP contribution is -1.96. The maximum atomic E-state index is 12.6. The molecule has 0 atom stereocenters. The van der Waals surface area contributed by atoms with E-state index < -0.39 is 28.2 Å². The summed E-state index contributed by atoms with van der Waals surface area (Å²) in [7, 11) is 0. The summed E-state index contributed by atoms with van der Waals surface area (Å²) < 4.78 is 25.1. The van der Waals surface area contributed by atoms with E-state index in [-0.39, 0.29) is 0 Å². The molecule has 0 bridgehead atoms. The number of carbonyl (C=O) groups is 1. The van der Waals surface area contributed by atoms with Crippen LogP contribution in [0.15, 0.2) is 12.1 Å². The average molecular weight is 193 g/mol. The third-order valence-corrected chi connectivity index (χ3v) is 1.46. The van der Waals surface area contributed by atoms with Crippen LogP contribution in [0.25, 0.3) is 0 Å². The Morgan fingerprint density at radius 1 is 1.33 bits per heavy atom. The summed E-state index contributed by atoms with van der Waals surface area (Å²) in [5.41, 5.74) is -0.836. The molecule has 0 saturated heterocycles. The van der Waals surface area contributed by atoms with Crippen LogP contribution in [0.1, 0.15) is 10.4 Å². The Morgan fingerprint density at radius 3 is 2.25 bits per heavy atom. The van der Waals surface area contributed by atoms with E-state index in [1.165, 1.54) is 0 Å². The van der Waals surface area contributed by atoms with Crippen LogP contribution in [0.2, 0.25) is 0 Å². The van der Waals surface area contributed by atoms with Crippen LogP contribution in [-0.4, -0.2) is 10.3 Å². The van der Waals surface area contributed by atoms with Gasteiger partial charge in [0.2, 0.25) is 0 Å². The fourth-order valence-electron chi connectivity index (χ4n) is 0.728. The molecule has 1 aromatic rings. The summed E-state index contributed by atoms with van der Waals surface area (Å²) in [6.45, 7) is 0. The first kappa shape index (κ1) is 8.93. The van der Waals surface area contributed by atoms with Crippen LogP contribution in [0, 0.1) is 11.6 Å². The van der Waals surface area contributed by atoms with Crippen molar-refractivity contribution >= 4 is 16.8 Å². The van der Waals surface area contributed by atoms with Gasteiger partial charge < -0.3 is 5.11 Å². The molecule has 1 aromatic carbocycles. The van der Waals surface area contributed by atoms with Gasteiger partial charge in [0.1, 0.15) is 11.4 Å². The van der Waals surface area contributed by atoms with Gasteiger partial charge in [-0.2, -0.15) is 0 Å². The lowest BCUT2D eigenvalue weighted by Gasteiger charge is -2.00. The van der Waals surface area contributed by atoms with Crippen molar-refractivity contribution in [2.45, 2.75) is 0 Å². The van der Waals surface area contributed by atoms with Crippen LogP contribution < -0.4 is 0 Å². The molecule has 1 rings (SSSR count). The van der Waals surface area contributed by atoms with Crippen molar-refractivity contribution in [2.24, 2.45) is 0 Å². The van der Waals surface area contributed by atoms with E-state index in [0.29, 0.717) is 12.1 Å². The van der Waals surface area contributed by atoms with E-state index >= 15 is 0 Å². The summed E-state index contributed by atoms with van der Waals surface area (Å²) in [4.78, 5) is 10.4. The van der Waals surface area contributed by atoms with Gasteiger partial charge in [-0.25, -0.2) is 8.78 Å². The number of phenolic OH excluding ortho intramolecular Hbond substituents is 1. The maximum Gasteiger partial charge on any atom is 0.259 e. The minimum absolute atomic E-state index is 0.702. The standard InChI is InChI=1S/C7H3ClF2O2/c8-7(12)5-3(9)1-2-4(10)6(5)11/h1-2,11H. The number of hydrogen-bond acceptors (Lipinski definition) is 2. The zero-order valence-electron chi connectivity index (χ0n) is 5.64. The second-order valence-corrected chi connectivity index (χ2v) is 2.37. The Balaban J connectivity index is 3.43. The summed E-state index contributed by atoms with van der Waals surface area (Å²) in [5.74, 6) is -3.19. The molecule has 0 radical (unpaired) electrons. The zero-order valence-corrected chi connectivity index (χ0v) is 6.40. The van der Waals surface area contributed by atoms with E-state index in [2.05, 4.69) is 0 Å². The van der Waals surface area contributed by atoms with Gasteiger partial charge in [-0.1, -0.05) is 0 Å². The third kappa shape index (κ3) is 1.38. The molecule has 0 heterocycles. The predicted molar refractivity (Wildman–Crippen MR) is 38.2 cm³/mol. The second kappa shape index (κ2) is 3.06. The maximum absolute atomic E-state index is 12.6. The molecule has 0 aliphatic rings. The van der Waals surface area contributed by atoms with Crippen molar-refractivity contribution in [3.8, 4) is 5.75 Å². The van der Waals surface area contributed by atoms with Gasteiger partial charge in [0.25, 0.3) is 5.24 Å². The van der Waals surface area contributed by atoms with Gasteiger partial charge in [0.15, 0.2) is 11.6 Å². The largest absolute Gasteiger partial charge is 0.504 e. The molecule has 0 spiro atoms. The molecular formula is C7H3ClF2O2. The van der Waals surface area contributed by atoms with Crippen molar-refractivity contribution in [3.63, 3.8) is 0 Å². The SMILES string of the molecule is O=C(Cl)c1c(F)ccc(F)c1O. The predicted octanol–water partition coefficient (Wildman–Crippen LogP) is 2.05. The summed E-state index contributed by atoms with van der Waals surface area (Å²) in [6.07, 6.45) is 0. The van der Waals surface area contributed by atoms with Crippen LogP contribution in [-0.2, 0) is 0 Å². The first-order valence-electron chi connectivity index (χ1n) is 2.91. The highest BCUT2D eigenvalue weighted by molar-refractivity contribution is 6.68. The third-order valence-electron chi connectivity index (χ3n) is 1.27. The molecule has 64 valence electrons. The van der Waals surface area contributed by atoms with Gasteiger partial charge in [0.05, 0.1) is 0 Å². The number of halogens is 3. The smallest absolute Gasteiger partial charge is 0.259 e. The van der Waals surface area contributed by atoms with Crippen LogP contribution in [0.4, 0.5) is 8.78 Å².